The van der Waals surface area contributed by atoms with Gasteiger partial charge in [0.05, 0.1) is 49.6 Å². The SMILES string of the molecule is O=C(COC(=O)c1cccc(N2C(=O)[C@H]3C[C@H](Cl)[C@@H](Cl)C[C@H]3C2=O)c1)Nc1cccc(Cl)c1Cl. The summed E-state index contributed by atoms with van der Waals surface area (Å²) in [7, 11) is 0. The van der Waals surface area contributed by atoms with Gasteiger partial charge in [-0.05, 0) is 43.2 Å². The number of carbonyl (C=O) groups is 4. The van der Waals surface area contributed by atoms with Crippen molar-refractivity contribution in [3.63, 3.8) is 0 Å². The molecule has 1 aliphatic heterocycles. The standard InChI is InChI=1S/C23H18Cl4N2O5/c24-15-5-2-6-18(20(15)27)28-19(30)10-34-23(33)11-3-1-4-12(7-11)29-21(31)13-8-16(25)17(26)9-14(13)22(29)32/h1-7,13-14,16-17H,8-10H2,(H,28,30)/t13-,14+,16-,17-/m0/s1. The largest absolute Gasteiger partial charge is 0.452 e. The molecule has 11 heteroatoms. The molecule has 0 unspecified atom stereocenters. The normalized spacial score (nSPS) is 24.1. The van der Waals surface area contributed by atoms with Gasteiger partial charge in [0.1, 0.15) is 0 Å². The molecule has 0 radical (unpaired) electrons. The zero-order valence-electron chi connectivity index (χ0n) is 17.5. The number of nitrogens with one attached hydrogen (secondary N) is 1. The molecule has 0 aromatic heterocycles. The molecule has 1 heterocycles. The molecule has 4 atom stereocenters. The number of carbonyl (C=O) groups excluding carboxylic acids is 4. The first-order valence-corrected chi connectivity index (χ1v) is 12.0. The molecule has 0 spiro atoms. The number of fused-ring (bicyclic) bond motifs is 1. The van der Waals surface area contributed by atoms with Crippen LogP contribution in [-0.2, 0) is 19.1 Å². The molecule has 4 rings (SSSR count). The summed E-state index contributed by atoms with van der Waals surface area (Å²) in [6.07, 6.45) is 0.629. The number of nitrogens with zero attached hydrogens (tertiary/aromatic N) is 1. The van der Waals surface area contributed by atoms with Gasteiger partial charge in [-0.2, -0.15) is 0 Å². The Morgan fingerprint density at radius 1 is 0.971 bits per heavy atom. The highest BCUT2D eigenvalue weighted by Crippen LogP contribution is 2.43. The minimum absolute atomic E-state index is 0.0759. The highest BCUT2D eigenvalue weighted by atomic mass is 35.5. The molecule has 2 aromatic carbocycles. The highest BCUT2D eigenvalue weighted by molar-refractivity contribution is 6.44. The molecule has 178 valence electrons. The fraction of sp³-hybridized carbons (Fsp3) is 0.304. The second-order valence-electron chi connectivity index (χ2n) is 8.00. The summed E-state index contributed by atoms with van der Waals surface area (Å²) in [5.41, 5.74) is 0.598. The lowest BCUT2D eigenvalue weighted by Gasteiger charge is -2.28. The second kappa shape index (κ2) is 10.1. The number of anilines is 2. The zero-order chi connectivity index (χ0) is 24.6. The second-order valence-corrected chi connectivity index (χ2v) is 9.91. The fourth-order valence-corrected chi connectivity index (χ4v) is 5.06. The maximum atomic E-state index is 12.9. The Morgan fingerprint density at radius 3 is 2.24 bits per heavy atom. The van der Waals surface area contributed by atoms with Gasteiger partial charge in [-0.1, -0.05) is 35.3 Å². The molecule has 1 N–H and O–H groups in total. The van der Waals surface area contributed by atoms with Crippen LogP contribution in [-0.4, -0.2) is 41.1 Å². The number of halogens is 4. The summed E-state index contributed by atoms with van der Waals surface area (Å²) in [5.74, 6) is -3.23. The maximum Gasteiger partial charge on any atom is 0.338 e. The van der Waals surface area contributed by atoms with Gasteiger partial charge in [-0.15, -0.1) is 23.2 Å². The van der Waals surface area contributed by atoms with E-state index in [9.17, 15) is 19.2 Å². The van der Waals surface area contributed by atoms with Gasteiger partial charge in [-0.25, -0.2) is 4.79 Å². The van der Waals surface area contributed by atoms with Crippen LogP contribution in [0.3, 0.4) is 0 Å². The van der Waals surface area contributed by atoms with Gasteiger partial charge in [0.2, 0.25) is 11.8 Å². The molecular formula is C23H18Cl4N2O5. The van der Waals surface area contributed by atoms with Gasteiger partial charge < -0.3 is 10.1 Å². The van der Waals surface area contributed by atoms with E-state index in [1.807, 2.05) is 0 Å². The van der Waals surface area contributed by atoms with Crippen molar-refractivity contribution in [2.75, 3.05) is 16.8 Å². The topological polar surface area (TPSA) is 92.8 Å². The fourth-order valence-electron chi connectivity index (χ4n) is 4.12. The van der Waals surface area contributed by atoms with E-state index in [4.69, 9.17) is 51.1 Å². The smallest absolute Gasteiger partial charge is 0.338 e. The Labute approximate surface area is 215 Å². The Kier molecular flexibility index (Phi) is 7.38. The van der Waals surface area contributed by atoms with Gasteiger partial charge in [0.25, 0.3) is 5.91 Å². The molecule has 1 aliphatic carbocycles. The first-order chi connectivity index (χ1) is 16.2. The lowest BCUT2D eigenvalue weighted by molar-refractivity contribution is -0.122. The third kappa shape index (κ3) is 4.89. The van der Waals surface area contributed by atoms with Crippen molar-refractivity contribution in [2.45, 2.75) is 23.6 Å². The minimum atomic E-state index is -0.799. The van der Waals surface area contributed by atoms with Gasteiger partial charge in [0.15, 0.2) is 6.61 Å². The van der Waals surface area contributed by atoms with Crippen molar-refractivity contribution in [2.24, 2.45) is 11.8 Å². The zero-order valence-corrected chi connectivity index (χ0v) is 20.5. The molecule has 2 fully saturated rings. The average molecular weight is 544 g/mol. The Hall–Kier alpha value is -2.32. The molecule has 2 aromatic rings. The number of hydrogen-bond acceptors (Lipinski definition) is 5. The predicted molar refractivity (Wildman–Crippen MR) is 130 cm³/mol. The molecule has 1 saturated heterocycles. The van der Waals surface area contributed by atoms with E-state index >= 15 is 0 Å². The van der Waals surface area contributed by atoms with Crippen LogP contribution in [0, 0.1) is 11.8 Å². The number of imide groups is 1. The van der Waals surface area contributed by atoms with Crippen LogP contribution in [0.15, 0.2) is 42.5 Å². The lowest BCUT2D eigenvalue weighted by atomic mass is 9.80. The number of rotatable bonds is 5. The molecule has 0 bridgehead atoms. The third-order valence-corrected chi connectivity index (χ3v) is 7.72. The summed E-state index contributed by atoms with van der Waals surface area (Å²) >= 11 is 24.4. The minimum Gasteiger partial charge on any atom is -0.452 e. The summed E-state index contributed by atoms with van der Waals surface area (Å²) in [5, 5.41) is 2.15. The summed E-state index contributed by atoms with van der Waals surface area (Å²) in [6, 6.07) is 10.6. The average Bonchev–Trinajstić information content (AvgIpc) is 3.05. The first-order valence-electron chi connectivity index (χ1n) is 10.3. The van der Waals surface area contributed by atoms with Crippen LogP contribution in [0.5, 0.6) is 0 Å². The number of alkyl halides is 2. The number of hydrogen-bond donors (Lipinski definition) is 1. The number of benzene rings is 2. The van der Waals surface area contributed by atoms with Crippen LogP contribution in [0.1, 0.15) is 23.2 Å². The lowest BCUT2D eigenvalue weighted by Crippen LogP contribution is -2.34. The van der Waals surface area contributed by atoms with E-state index in [1.165, 1.54) is 18.2 Å². The molecular weight excluding hydrogens is 526 g/mol. The predicted octanol–water partition coefficient (Wildman–Crippen LogP) is 4.90. The van der Waals surface area contributed by atoms with E-state index in [-0.39, 0.29) is 38.8 Å². The summed E-state index contributed by atoms with van der Waals surface area (Å²) in [4.78, 5) is 51.6. The van der Waals surface area contributed by atoms with Crippen LogP contribution < -0.4 is 10.2 Å². The molecule has 3 amide bonds. The van der Waals surface area contributed by atoms with Gasteiger partial charge in [0, 0.05) is 0 Å². The molecule has 34 heavy (non-hydrogen) atoms. The number of esters is 1. The maximum absolute atomic E-state index is 12.9. The van der Waals surface area contributed by atoms with Crippen LogP contribution in [0.25, 0.3) is 0 Å². The summed E-state index contributed by atoms with van der Waals surface area (Å²) < 4.78 is 5.08. The van der Waals surface area contributed by atoms with Gasteiger partial charge in [-0.3, -0.25) is 19.3 Å². The number of ether oxygens (including phenoxy) is 1. The Morgan fingerprint density at radius 2 is 1.59 bits per heavy atom. The van der Waals surface area contributed by atoms with Crippen LogP contribution in [0.4, 0.5) is 11.4 Å². The highest BCUT2D eigenvalue weighted by Gasteiger charge is 2.52. The van der Waals surface area contributed by atoms with Crippen molar-refractivity contribution in [3.8, 4) is 0 Å². The van der Waals surface area contributed by atoms with E-state index < -0.39 is 41.1 Å². The quantitative estimate of drug-likeness (QED) is 0.329. The monoisotopic (exact) mass is 542 g/mol. The van der Waals surface area contributed by atoms with Crippen molar-refractivity contribution < 1.29 is 23.9 Å². The van der Waals surface area contributed by atoms with Crippen molar-refractivity contribution >= 4 is 81.5 Å². The third-order valence-electron chi connectivity index (χ3n) is 5.81. The Bertz CT molecular complexity index is 1150. The van der Waals surface area contributed by atoms with E-state index in [2.05, 4.69) is 5.32 Å². The molecule has 7 nitrogen and oxygen atoms in total. The number of amides is 3. The van der Waals surface area contributed by atoms with E-state index in [0.29, 0.717) is 12.8 Å². The van der Waals surface area contributed by atoms with E-state index in [0.717, 1.165) is 4.90 Å². The van der Waals surface area contributed by atoms with Crippen LogP contribution in [0.2, 0.25) is 10.0 Å². The van der Waals surface area contributed by atoms with E-state index in [1.54, 1.807) is 24.3 Å². The molecule has 1 saturated carbocycles. The van der Waals surface area contributed by atoms with Crippen molar-refractivity contribution in [1.29, 1.82) is 0 Å². The van der Waals surface area contributed by atoms with Crippen molar-refractivity contribution in [3.05, 3.63) is 58.1 Å². The Balaban J connectivity index is 1.42. The van der Waals surface area contributed by atoms with Gasteiger partial charge >= 0.3 is 5.97 Å². The summed E-state index contributed by atoms with van der Waals surface area (Å²) in [6.45, 7) is -0.578. The van der Waals surface area contributed by atoms with Crippen molar-refractivity contribution in [1.82, 2.24) is 0 Å². The molecule has 2 aliphatic rings. The van der Waals surface area contributed by atoms with Crippen LogP contribution >= 0.6 is 46.4 Å². The first kappa shape index (κ1) is 24.8.